The van der Waals surface area contributed by atoms with Gasteiger partial charge < -0.3 is 22.1 Å². The maximum atomic E-state index is 11.7. The second kappa shape index (κ2) is 6.72. The number of amidine groups is 1. The van der Waals surface area contributed by atoms with Crippen molar-refractivity contribution in [3.8, 4) is 0 Å². The van der Waals surface area contributed by atoms with Crippen molar-refractivity contribution in [3.05, 3.63) is 64.6 Å². The number of nitrogens with zero attached hydrogens (tertiary/aromatic N) is 2. The van der Waals surface area contributed by atoms with Crippen molar-refractivity contribution in [2.24, 2.45) is 0 Å². The van der Waals surface area contributed by atoms with E-state index in [0.717, 1.165) is 26.6 Å². The lowest BCUT2D eigenvalue weighted by Gasteiger charge is -2.30. The number of halogens is 2. The van der Waals surface area contributed by atoms with Crippen LogP contribution in [0.15, 0.2) is 59.1 Å². The molecule has 0 fully saturated rings. The Morgan fingerprint density at radius 1 is 1.08 bits per heavy atom. The summed E-state index contributed by atoms with van der Waals surface area (Å²) in [5.74, 6) is 1.03. The maximum absolute atomic E-state index is 11.7. The summed E-state index contributed by atoms with van der Waals surface area (Å²) in [4.78, 5) is 2.09. The zero-order valence-electron chi connectivity index (χ0n) is 14.1. The molecule has 6 heteroatoms. The number of hydrogen-bond donors (Lipinski definition) is 1. The lowest BCUT2D eigenvalue weighted by atomic mass is 9.99. The van der Waals surface area contributed by atoms with Crippen molar-refractivity contribution in [2.75, 3.05) is 17.2 Å². The van der Waals surface area contributed by atoms with E-state index < -0.39 is 5.72 Å². The van der Waals surface area contributed by atoms with Crippen molar-refractivity contribution < 1.29 is 26.7 Å². The lowest BCUT2D eigenvalue weighted by molar-refractivity contribution is -0.594. The largest absolute Gasteiger partial charge is 1.00 e. The van der Waals surface area contributed by atoms with Gasteiger partial charge in [0.05, 0.1) is 0 Å². The van der Waals surface area contributed by atoms with Gasteiger partial charge in [-0.05, 0) is 49.9 Å². The molecule has 0 saturated carbocycles. The van der Waals surface area contributed by atoms with E-state index in [1.54, 1.807) is 0 Å². The molecular formula is C19H20Br2N2OS. The summed E-state index contributed by atoms with van der Waals surface area (Å²) in [5.41, 5.74) is 0.896. The van der Waals surface area contributed by atoms with Crippen LogP contribution in [0.5, 0.6) is 0 Å². The Balaban J connectivity index is 0.00000182. The van der Waals surface area contributed by atoms with Crippen LogP contribution in [0.4, 0.5) is 5.69 Å². The Kier molecular flexibility index (Phi) is 5.10. The van der Waals surface area contributed by atoms with Crippen molar-refractivity contribution in [1.29, 1.82) is 0 Å². The van der Waals surface area contributed by atoms with Gasteiger partial charge in [0.15, 0.2) is 6.54 Å². The predicted octanol–water partition coefficient (Wildman–Crippen LogP) is 1.01. The molecule has 3 nitrogen and oxygen atoms in total. The predicted molar refractivity (Wildman–Crippen MR) is 104 cm³/mol. The van der Waals surface area contributed by atoms with Crippen molar-refractivity contribution in [1.82, 2.24) is 0 Å². The summed E-state index contributed by atoms with van der Waals surface area (Å²) in [6.45, 7) is 5.05. The minimum absolute atomic E-state index is 0. The first-order valence-electron chi connectivity index (χ1n) is 8.03. The molecule has 0 bridgehead atoms. The van der Waals surface area contributed by atoms with Crippen LogP contribution >= 0.6 is 27.7 Å². The highest BCUT2D eigenvalue weighted by Crippen LogP contribution is 2.44. The smallest absolute Gasteiger partial charge is 0.317 e. The lowest BCUT2D eigenvalue weighted by Crippen LogP contribution is -3.00. The number of anilines is 1. The van der Waals surface area contributed by atoms with Gasteiger partial charge in [0.25, 0.3) is 5.72 Å². The molecule has 1 atom stereocenters. The van der Waals surface area contributed by atoms with Gasteiger partial charge in [-0.3, -0.25) is 0 Å². The fraction of sp³-hybridized carbons (Fsp3) is 0.316. The number of benzene rings is 2. The van der Waals surface area contributed by atoms with E-state index >= 15 is 0 Å². The first-order valence-corrected chi connectivity index (χ1v) is 9.81. The van der Waals surface area contributed by atoms with Gasteiger partial charge in [0.2, 0.25) is 0 Å². The molecule has 132 valence electrons. The Labute approximate surface area is 171 Å². The quantitative estimate of drug-likeness (QED) is 0.646. The Morgan fingerprint density at radius 3 is 2.36 bits per heavy atom. The fourth-order valence-electron chi connectivity index (χ4n) is 3.41. The summed E-state index contributed by atoms with van der Waals surface area (Å²) < 4.78 is 3.36. The average molecular weight is 484 g/mol. The number of hydrogen-bond acceptors (Lipinski definition) is 3. The summed E-state index contributed by atoms with van der Waals surface area (Å²) in [6.07, 6.45) is 0. The third-order valence-corrected chi connectivity index (χ3v) is 6.82. The Bertz CT molecular complexity index is 808. The molecule has 2 aliphatic heterocycles. The summed E-state index contributed by atoms with van der Waals surface area (Å²) in [7, 11) is 0. The molecule has 0 aromatic heterocycles. The van der Waals surface area contributed by atoms with Gasteiger partial charge >= 0.3 is 5.17 Å². The van der Waals surface area contributed by atoms with Gasteiger partial charge in [-0.1, -0.05) is 46.3 Å². The Morgan fingerprint density at radius 2 is 1.72 bits per heavy atom. The highest BCUT2D eigenvalue weighted by Gasteiger charge is 2.60. The molecule has 0 spiro atoms. The van der Waals surface area contributed by atoms with Gasteiger partial charge in [-0.2, -0.15) is 4.90 Å². The molecule has 0 amide bonds. The van der Waals surface area contributed by atoms with Crippen molar-refractivity contribution in [3.63, 3.8) is 0 Å². The van der Waals surface area contributed by atoms with E-state index in [0.29, 0.717) is 6.54 Å². The normalized spacial score (nSPS) is 24.2. The van der Waals surface area contributed by atoms with Gasteiger partial charge in [-0.25, -0.2) is 4.58 Å². The van der Waals surface area contributed by atoms with Crippen LogP contribution in [0.2, 0.25) is 0 Å². The van der Waals surface area contributed by atoms with Gasteiger partial charge in [0, 0.05) is 15.8 Å². The minimum Gasteiger partial charge on any atom is -1.00 e. The zero-order valence-corrected chi connectivity index (χ0v) is 18.1. The van der Waals surface area contributed by atoms with Gasteiger partial charge in [0.1, 0.15) is 11.2 Å². The van der Waals surface area contributed by atoms with Crippen LogP contribution in [0, 0.1) is 0 Å². The molecule has 2 heterocycles. The molecule has 2 aromatic carbocycles. The van der Waals surface area contributed by atoms with Crippen LogP contribution in [-0.4, -0.2) is 32.7 Å². The third kappa shape index (κ3) is 3.07. The number of thioether (sulfide) groups is 1. The standard InChI is InChI=1S/C19H20BrN2OS.BrH/c1-18(2)13-24-17-21(18)12-19(23,14-8-10-15(20)11-9-14)22(17)16-6-4-3-5-7-16;/h3-11,23H,12-13H2,1-2H3;1H/q+1;/p-1. The molecule has 2 aliphatic rings. The van der Waals surface area contributed by atoms with Crippen LogP contribution in [-0.2, 0) is 5.72 Å². The monoisotopic (exact) mass is 482 g/mol. The first-order chi connectivity index (χ1) is 11.4. The average Bonchev–Trinajstić information content (AvgIpc) is 3.03. The molecule has 4 rings (SSSR count). The first kappa shape index (κ1) is 19.0. The van der Waals surface area contributed by atoms with Crippen LogP contribution in [0.3, 0.4) is 0 Å². The van der Waals surface area contributed by atoms with E-state index in [-0.39, 0.29) is 22.5 Å². The topological polar surface area (TPSA) is 26.5 Å². The van der Waals surface area contributed by atoms with Crippen LogP contribution in [0.1, 0.15) is 19.4 Å². The minimum atomic E-state index is -1.07. The third-order valence-electron chi connectivity index (χ3n) is 4.78. The van der Waals surface area contributed by atoms with Crippen molar-refractivity contribution in [2.45, 2.75) is 25.1 Å². The van der Waals surface area contributed by atoms with E-state index in [1.807, 2.05) is 54.2 Å². The number of aliphatic hydroxyl groups is 1. The molecule has 1 unspecified atom stereocenters. The summed E-state index contributed by atoms with van der Waals surface area (Å²) >= 11 is 5.31. The molecule has 0 radical (unpaired) electrons. The molecule has 25 heavy (non-hydrogen) atoms. The number of β-amino-alcohol motifs (C(OH)–C–C–N with tert-alkyl or cyclic N) is 1. The Hall–Kier alpha value is -0.820. The van der Waals surface area contributed by atoms with E-state index in [1.165, 1.54) is 0 Å². The second-order valence-corrected chi connectivity index (χ2v) is 8.82. The maximum Gasteiger partial charge on any atom is 0.317 e. The number of para-hydroxylation sites is 1. The molecular weight excluding hydrogens is 464 g/mol. The van der Waals surface area contributed by atoms with E-state index in [4.69, 9.17) is 0 Å². The molecule has 0 aliphatic carbocycles. The summed E-state index contributed by atoms with van der Waals surface area (Å²) in [6, 6.07) is 18.1. The van der Waals surface area contributed by atoms with Crippen LogP contribution < -0.4 is 21.9 Å². The number of rotatable bonds is 2. The summed E-state index contributed by atoms with van der Waals surface area (Å²) in [5, 5.41) is 12.9. The molecule has 1 N–H and O–H groups in total. The van der Waals surface area contributed by atoms with E-state index in [9.17, 15) is 5.11 Å². The SMILES string of the molecule is CC1(C)CSC2=[N+]1CC(O)(c1ccc(Br)cc1)N2c1ccccc1.[Br-]. The fourth-order valence-corrected chi connectivity index (χ4v) is 5.17. The molecule has 0 saturated heterocycles. The molecule has 2 aromatic rings. The highest BCUT2D eigenvalue weighted by atomic mass is 79.9. The van der Waals surface area contributed by atoms with E-state index in [2.05, 4.69) is 51.4 Å². The van der Waals surface area contributed by atoms with Crippen LogP contribution in [0.25, 0.3) is 0 Å². The van der Waals surface area contributed by atoms with Gasteiger partial charge in [-0.15, -0.1) is 0 Å². The zero-order chi connectivity index (χ0) is 16.9. The second-order valence-electron chi connectivity index (χ2n) is 6.96. The van der Waals surface area contributed by atoms with Crippen molar-refractivity contribution >= 4 is 38.5 Å². The highest BCUT2D eigenvalue weighted by molar-refractivity contribution is 9.10.